The summed E-state index contributed by atoms with van der Waals surface area (Å²) in [5.41, 5.74) is 0.732. The third-order valence-electron chi connectivity index (χ3n) is 3.06. The van der Waals surface area contributed by atoms with Crippen LogP contribution in [-0.4, -0.2) is 35.0 Å². The SMILES string of the molecule is CC(O)CC(O)CC([C]=O)C(C=O)c1ccccc1. The standard InChI is InChI=1S/C15H19O4/c1-11(18)7-14(19)8-13(9-16)15(10-17)12-5-3-2-4-6-12/h2-6,10-11,13-15,18-19H,7-8H2,1H3. The highest BCUT2D eigenvalue weighted by Gasteiger charge is 2.26. The van der Waals surface area contributed by atoms with Crippen molar-refractivity contribution in [1.29, 1.82) is 0 Å². The lowest BCUT2D eigenvalue weighted by molar-refractivity contribution is -0.109. The third kappa shape index (κ3) is 4.93. The molecule has 4 atom stereocenters. The van der Waals surface area contributed by atoms with Gasteiger partial charge in [0.15, 0.2) is 0 Å². The molecule has 4 unspecified atom stereocenters. The minimum absolute atomic E-state index is 0.118. The van der Waals surface area contributed by atoms with Gasteiger partial charge in [0.25, 0.3) is 0 Å². The van der Waals surface area contributed by atoms with Crippen LogP contribution >= 0.6 is 0 Å². The first-order chi connectivity index (χ1) is 9.08. The molecule has 0 aliphatic heterocycles. The van der Waals surface area contributed by atoms with Crippen LogP contribution in [0.5, 0.6) is 0 Å². The molecular formula is C15H19O4. The van der Waals surface area contributed by atoms with E-state index in [1.54, 1.807) is 31.2 Å². The first-order valence-electron chi connectivity index (χ1n) is 6.32. The molecule has 4 heteroatoms. The van der Waals surface area contributed by atoms with E-state index in [4.69, 9.17) is 0 Å². The monoisotopic (exact) mass is 263 g/mol. The van der Waals surface area contributed by atoms with E-state index < -0.39 is 24.0 Å². The van der Waals surface area contributed by atoms with Crippen LogP contribution in [0, 0.1) is 5.92 Å². The van der Waals surface area contributed by atoms with Crippen molar-refractivity contribution in [3.63, 3.8) is 0 Å². The van der Waals surface area contributed by atoms with Crippen molar-refractivity contribution < 1.29 is 19.8 Å². The summed E-state index contributed by atoms with van der Waals surface area (Å²) < 4.78 is 0. The van der Waals surface area contributed by atoms with Crippen LogP contribution in [0.2, 0.25) is 0 Å². The fraction of sp³-hybridized carbons (Fsp3) is 0.467. The highest BCUT2D eigenvalue weighted by atomic mass is 16.3. The summed E-state index contributed by atoms with van der Waals surface area (Å²) in [5, 5.41) is 19.0. The second kappa shape index (κ2) is 7.81. The molecule has 0 aliphatic carbocycles. The lowest BCUT2D eigenvalue weighted by Crippen LogP contribution is -2.24. The average Bonchev–Trinajstić information content (AvgIpc) is 2.38. The van der Waals surface area contributed by atoms with Gasteiger partial charge in [-0.1, -0.05) is 30.3 Å². The van der Waals surface area contributed by atoms with E-state index in [2.05, 4.69) is 0 Å². The number of carbonyl (C=O) groups is 1. The van der Waals surface area contributed by atoms with E-state index in [-0.39, 0.29) is 12.8 Å². The number of aliphatic hydroxyl groups is 2. The van der Waals surface area contributed by atoms with E-state index in [0.29, 0.717) is 6.29 Å². The Hall–Kier alpha value is -1.52. The Labute approximate surface area is 113 Å². The van der Waals surface area contributed by atoms with Crippen LogP contribution in [0.1, 0.15) is 31.2 Å². The highest BCUT2D eigenvalue weighted by Crippen LogP contribution is 2.26. The molecule has 103 valence electrons. The summed E-state index contributed by atoms with van der Waals surface area (Å²) in [6, 6.07) is 8.95. The van der Waals surface area contributed by atoms with Gasteiger partial charge in [0, 0.05) is 11.8 Å². The molecule has 0 bridgehead atoms. The lowest BCUT2D eigenvalue weighted by Gasteiger charge is -2.21. The molecule has 0 amide bonds. The second-order valence-electron chi connectivity index (χ2n) is 4.77. The van der Waals surface area contributed by atoms with Gasteiger partial charge in [-0.15, -0.1) is 0 Å². The summed E-state index contributed by atoms with van der Waals surface area (Å²) in [6.07, 6.45) is 1.37. The molecule has 0 heterocycles. The molecular weight excluding hydrogens is 244 g/mol. The number of benzene rings is 1. The Morgan fingerprint density at radius 1 is 1.21 bits per heavy atom. The van der Waals surface area contributed by atoms with Crippen LogP contribution in [0.25, 0.3) is 0 Å². The first-order valence-corrected chi connectivity index (χ1v) is 6.32. The van der Waals surface area contributed by atoms with E-state index in [9.17, 15) is 19.8 Å². The molecule has 0 aliphatic rings. The van der Waals surface area contributed by atoms with Crippen molar-refractivity contribution in [1.82, 2.24) is 0 Å². The maximum absolute atomic E-state index is 11.2. The third-order valence-corrected chi connectivity index (χ3v) is 3.06. The number of hydrogen-bond donors (Lipinski definition) is 2. The van der Waals surface area contributed by atoms with Gasteiger partial charge < -0.3 is 15.0 Å². The van der Waals surface area contributed by atoms with Crippen molar-refractivity contribution in [2.45, 2.75) is 37.9 Å². The molecule has 0 spiro atoms. The number of carbonyl (C=O) groups excluding carboxylic acids is 2. The Morgan fingerprint density at radius 3 is 2.32 bits per heavy atom. The molecule has 4 nitrogen and oxygen atoms in total. The zero-order chi connectivity index (χ0) is 14.3. The molecule has 1 aromatic carbocycles. The largest absolute Gasteiger partial charge is 0.393 e. The molecule has 0 saturated carbocycles. The molecule has 2 N–H and O–H groups in total. The van der Waals surface area contributed by atoms with Gasteiger partial charge in [-0.2, -0.15) is 0 Å². The number of aldehydes is 1. The van der Waals surface area contributed by atoms with Crippen LogP contribution in [0.15, 0.2) is 30.3 Å². The van der Waals surface area contributed by atoms with Crippen LogP contribution in [-0.2, 0) is 9.59 Å². The normalized spacial score (nSPS) is 17.2. The number of hydrogen-bond acceptors (Lipinski definition) is 4. The molecule has 0 fully saturated rings. The minimum atomic E-state index is -0.822. The van der Waals surface area contributed by atoms with Crippen LogP contribution < -0.4 is 0 Å². The Morgan fingerprint density at radius 2 is 1.84 bits per heavy atom. The Bertz CT molecular complexity index is 388. The Kier molecular flexibility index (Phi) is 6.39. The van der Waals surface area contributed by atoms with Gasteiger partial charge in [-0.3, -0.25) is 4.79 Å². The number of aliphatic hydroxyl groups excluding tert-OH is 2. The van der Waals surface area contributed by atoms with Crippen LogP contribution in [0.4, 0.5) is 0 Å². The summed E-state index contributed by atoms with van der Waals surface area (Å²) in [5.74, 6) is -1.31. The van der Waals surface area contributed by atoms with Gasteiger partial charge >= 0.3 is 0 Å². The quantitative estimate of drug-likeness (QED) is 0.691. The zero-order valence-corrected chi connectivity index (χ0v) is 10.9. The van der Waals surface area contributed by atoms with Gasteiger partial charge in [-0.05, 0) is 25.3 Å². The fourth-order valence-corrected chi connectivity index (χ4v) is 2.13. The van der Waals surface area contributed by atoms with Crippen molar-refractivity contribution in [3.8, 4) is 0 Å². The van der Waals surface area contributed by atoms with Gasteiger partial charge in [-0.25, -0.2) is 0 Å². The fourth-order valence-electron chi connectivity index (χ4n) is 2.13. The van der Waals surface area contributed by atoms with E-state index in [0.717, 1.165) is 5.56 Å². The molecule has 1 rings (SSSR count). The van der Waals surface area contributed by atoms with Gasteiger partial charge in [0.05, 0.1) is 12.2 Å². The van der Waals surface area contributed by atoms with Crippen LogP contribution in [0.3, 0.4) is 0 Å². The lowest BCUT2D eigenvalue weighted by atomic mass is 9.84. The molecule has 0 aromatic heterocycles. The summed E-state index contributed by atoms with van der Waals surface area (Å²) >= 11 is 0. The first kappa shape index (κ1) is 15.5. The predicted octanol–water partition coefficient (Wildman–Crippen LogP) is 1.22. The van der Waals surface area contributed by atoms with Crippen molar-refractivity contribution >= 4 is 12.6 Å². The van der Waals surface area contributed by atoms with E-state index in [1.807, 2.05) is 12.4 Å². The summed E-state index contributed by atoms with van der Waals surface area (Å²) in [7, 11) is 0. The van der Waals surface area contributed by atoms with E-state index in [1.165, 1.54) is 0 Å². The zero-order valence-electron chi connectivity index (χ0n) is 10.9. The molecule has 1 aromatic rings. The molecule has 0 saturated heterocycles. The second-order valence-corrected chi connectivity index (χ2v) is 4.77. The van der Waals surface area contributed by atoms with Crippen molar-refractivity contribution in [2.24, 2.45) is 5.92 Å². The number of rotatable bonds is 8. The summed E-state index contributed by atoms with van der Waals surface area (Å²) in [4.78, 5) is 22.2. The summed E-state index contributed by atoms with van der Waals surface area (Å²) in [6.45, 7) is 1.57. The van der Waals surface area contributed by atoms with Crippen molar-refractivity contribution in [2.75, 3.05) is 0 Å². The maximum atomic E-state index is 11.2. The highest BCUT2D eigenvalue weighted by molar-refractivity contribution is 5.71. The van der Waals surface area contributed by atoms with Gasteiger partial charge in [0.1, 0.15) is 6.29 Å². The van der Waals surface area contributed by atoms with Crippen molar-refractivity contribution in [3.05, 3.63) is 35.9 Å². The van der Waals surface area contributed by atoms with Gasteiger partial charge in [0.2, 0.25) is 6.29 Å². The minimum Gasteiger partial charge on any atom is -0.393 e. The topological polar surface area (TPSA) is 74.6 Å². The predicted molar refractivity (Wildman–Crippen MR) is 71.4 cm³/mol. The maximum Gasteiger partial charge on any atom is 0.202 e. The smallest absolute Gasteiger partial charge is 0.202 e. The Balaban J connectivity index is 2.76. The molecule has 19 heavy (non-hydrogen) atoms. The van der Waals surface area contributed by atoms with E-state index >= 15 is 0 Å². The average molecular weight is 263 g/mol. The molecule has 1 radical (unpaired) electrons.